The van der Waals surface area contributed by atoms with E-state index in [2.05, 4.69) is 26.6 Å². The zero-order valence-corrected chi connectivity index (χ0v) is 17.9. The Kier molecular flexibility index (Phi) is 8.47. The maximum Gasteiger partial charge on any atom is 0.170 e. The van der Waals surface area contributed by atoms with Crippen molar-refractivity contribution in [2.45, 2.75) is 5.75 Å². The fourth-order valence-electron chi connectivity index (χ4n) is 1.81. The Morgan fingerprint density at radius 1 is 1.04 bits per heavy atom. The van der Waals surface area contributed by atoms with Crippen molar-refractivity contribution in [1.29, 1.82) is 0 Å². The number of thioether (sulfide) groups is 1. The summed E-state index contributed by atoms with van der Waals surface area (Å²) in [4.78, 5) is 0. The predicted octanol–water partition coefficient (Wildman–Crippen LogP) is 6.63. The molecule has 0 heterocycles. The molecule has 0 saturated carbocycles. The van der Waals surface area contributed by atoms with Crippen LogP contribution in [0, 0.1) is 0 Å². The van der Waals surface area contributed by atoms with Gasteiger partial charge >= 0.3 is 0 Å². The van der Waals surface area contributed by atoms with E-state index < -0.39 is 0 Å². The molecule has 0 aromatic heterocycles. The summed E-state index contributed by atoms with van der Waals surface area (Å²) in [6.07, 6.45) is 0. The molecule has 0 saturated heterocycles. The molecule has 0 amide bonds. The zero-order valence-electron chi connectivity index (χ0n) is 12.4. The highest BCUT2D eigenvalue weighted by Gasteiger charge is 2.02. The lowest BCUT2D eigenvalue weighted by atomic mass is 10.2. The van der Waals surface area contributed by atoms with Gasteiger partial charge in [-0.05, 0) is 64.0 Å². The molecule has 0 atom stereocenters. The van der Waals surface area contributed by atoms with E-state index in [0.717, 1.165) is 33.8 Å². The van der Waals surface area contributed by atoms with E-state index in [9.17, 15) is 0 Å². The van der Waals surface area contributed by atoms with Gasteiger partial charge in [-0.15, -0.1) is 0 Å². The molecule has 2 nitrogen and oxygen atoms in total. The molecule has 24 heavy (non-hydrogen) atoms. The van der Waals surface area contributed by atoms with E-state index >= 15 is 0 Å². The second-order valence-electron chi connectivity index (χ2n) is 4.81. The lowest BCUT2D eigenvalue weighted by Gasteiger charge is -2.11. The minimum atomic E-state index is 0.573. The number of rotatable bonds is 6. The topological polar surface area (TPSA) is 24.1 Å². The van der Waals surface area contributed by atoms with Crippen LogP contribution in [-0.2, 0) is 5.75 Å². The Labute approximate surface area is 174 Å². The summed E-state index contributed by atoms with van der Waals surface area (Å²) in [7, 11) is 0. The fraction of sp³-hybridized carbons (Fsp3) is 0.188. The number of halogens is 4. The van der Waals surface area contributed by atoms with Gasteiger partial charge in [-0.25, -0.2) is 0 Å². The third kappa shape index (κ3) is 6.62. The first kappa shape index (κ1) is 20.1. The van der Waals surface area contributed by atoms with Gasteiger partial charge in [0.25, 0.3) is 0 Å². The van der Waals surface area contributed by atoms with Crippen molar-refractivity contribution in [3.63, 3.8) is 0 Å². The molecule has 0 radical (unpaired) electrons. The van der Waals surface area contributed by atoms with Gasteiger partial charge < -0.3 is 10.6 Å². The first-order valence-electron chi connectivity index (χ1n) is 6.97. The Morgan fingerprint density at radius 2 is 1.83 bits per heavy atom. The molecule has 8 heteroatoms. The summed E-state index contributed by atoms with van der Waals surface area (Å²) in [5.41, 5.74) is 2.00. The quantitative estimate of drug-likeness (QED) is 0.355. The highest BCUT2D eigenvalue weighted by molar-refractivity contribution is 9.10. The molecule has 128 valence electrons. The van der Waals surface area contributed by atoms with Gasteiger partial charge in [0.05, 0.1) is 15.1 Å². The smallest absolute Gasteiger partial charge is 0.170 e. The maximum atomic E-state index is 6.05. The van der Waals surface area contributed by atoms with Crippen LogP contribution in [0.3, 0.4) is 0 Å². The van der Waals surface area contributed by atoms with Crippen molar-refractivity contribution < 1.29 is 0 Å². The van der Waals surface area contributed by atoms with Gasteiger partial charge in [0.2, 0.25) is 0 Å². The SMILES string of the molecule is S=C(NCCSCc1ccc(Cl)c(Cl)c1)Nc1ccc(Br)c(Cl)c1. The van der Waals surface area contributed by atoms with Crippen molar-refractivity contribution in [3.05, 3.63) is 61.5 Å². The molecule has 0 fully saturated rings. The van der Waals surface area contributed by atoms with Gasteiger partial charge in [-0.2, -0.15) is 11.8 Å². The summed E-state index contributed by atoms with van der Waals surface area (Å²) >= 11 is 28.4. The van der Waals surface area contributed by atoms with Gasteiger partial charge in [0.15, 0.2) is 5.11 Å². The van der Waals surface area contributed by atoms with Crippen LogP contribution in [-0.4, -0.2) is 17.4 Å². The standard InChI is InChI=1S/C16H14BrCl3N2S2/c17-12-3-2-11(8-14(12)19)22-16(23)21-5-6-24-9-10-1-4-13(18)15(20)7-10/h1-4,7-8H,5-6,9H2,(H2,21,22,23). The summed E-state index contributed by atoms with van der Waals surface area (Å²) in [5, 5.41) is 8.66. The molecule has 2 rings (SSSR count). The van der Waals surface area contributed by atoms with E-state index in [4.69, 9.17) is 47.0 Å². The lowest BCUT2D eigenvalue weighted by molar-refractivity contribution is 0.990. The number of benzene rings is 2. The van der Waals surface area contributed by atoms with Crippen LogP contribution < -0.4 is 10.6 Å². The largest absolute Gasteiger partial charge is 0.362 e. The van der Waals surface area contributed by atoms with Crippen LogP contribution in [0.1, 0.15) is 5.56 Å². The highest BCUT2D eigenvalue weighted by Crippen LogP contribution is 2.26. The van der Waals surface area contributed by atoms with Crippen molar-refractivity contribution in [2.75, 3.05) is 17.6 Å². The molecular formula is C16H14BrCl3N2S2. The average Bonchev–Trinajstić information content (AvgIpc) is 2.54. The second-order valence-corrected chi connectivity index (χ2v) is 8.40. The van der Waals surface area contributed by atoms with Gasteiger partial charge in [-0.1, -0.05) is 40.9 Å². The normalized spacial score (nSPS) is 10.5. The van der Waals surface area contributed by atoms with Crippen molar-refractivity contribution in [2.24, 2.45) is 0 Å². The molecule has 0 unspecified atom stereocenters. The van der Waals surface area contributed by atoms with Crippen LogP contribution in [0.15, 0.2) is 40.9 Å². The molecular weight excluding hydrogens is 471 g/mol. The maximum absolute atomic E-state index is 6.05. The summed E-state index contributed by atoms with van der Waals surface area (Å²) in [5.74, 6) is 1.80. The van der Waals surface area contributed by atoms with Crippen LogP contribution in [0.2, 0.25) is 15.1 Å². The monoisotopic (exact) mass is 482 g/mol. The van der Waals surface area contributed by atoms with Crippen molar-refractivity contribution in [1.82, 2.24) is 5.32 Å². The summed E-state index contributed by atoms with van der Waals surface area (Å²) < 4.78 is 0.854. The van der Waals surface area contributed by atoms with E-state index in [0.29, 0.717) is 20.2 Å². The predicted molar refractivity (Wildman–Crippen MR) is 116 cm³/mol. The molecule has 0 bridgehead atoms. The van der Waals surface area contributed by atoms with Crippen molar-refractivity contribution >= 4 is 85.5 Å². The second kappa shape index (κ2) is 10.1. The molecule has 0 aliphatic heterocycles. The van der Waals surface area contributed by atoms with Gasteiger partial charge in [0, 0.05) is 28.2 Å². The molecule has 2 aromatic rings. The van der Waals surface area contributed by atoms with Crippen LogP contribution in [0.5, 0.6) is 0 Å². The van der Waals surface area contributed by atoms with Gasteiger partial charge in [-0.3, -0.25) is 0 Å². The minimum Gasteiger partial charge on any atom is -0.362 e. The molecule has 0 aliphatic rings. The minimum absolute atomic E-state index is 0.573. The zero-order chi connectivity index (χ0) is 17.5. The van der Waals surface area contributed by atoms with Crippen LogP contribution >= 0.6 is 74.7 Å². The number of nitrogens with one attached hydrogen (secondary N) is 2. The van der Waals surface area contributed by atoms with E-state index in [1.54, 1.807) is 11.8 Å². The Bertz CT molecular complexity index is 728. The summed E-state index contributed by atoms with van der Waals surface area (Å²) in [6, 6.07) is 11.3. The first-order valence-corrected chi connectivity index (χ1v) is 10.5. The molecule has 0 spiro atoms. The Hall–Kier alpha value is -0.170. The van der Waals surface area contributed by atoms with E-state index in [1.165, 1.54) is 0 Å². The molecule has 2 N–H and O–H groups in total. The first-order chi connectivity index (χ1) is 11.5. The van der Waals surface area contributed by atoms with E-state index in [-0.39, 0.29) is 0 Å². The van der Waals surface area contributed by atoms with E-state index in [1.807, 2.05) is 36.4 Å². The fourth-order valence-corrected chi connectivity index (χ4v) is 3.58. The number of hydrogen-bond donors (Lipinski definition) is 2. The van der Waals surface area contributed by atoms with Crippen LogP contribution in [0.25, 0.3) is 0 Å². The number of hydrogen-bond acceptors (Lipinski definition) is 2. The molecule has 0 aliphatic carbocycles. The van der Waals surface area contributed by atoms with Crippen molar-refractivity contribution in [3.8, 4) is 0 Å². The van der Waals surface area contributed by atoms with Gasteiger partial charge in [0.1, 0.15) is 0 Å². The molecule has 2 aromatic carbocycles. The highest BCUT2D eigenvalue weighted by atomic mass is 79.9. The average molecular weight is 485 g/mol. The number of thiocarbonyl (C=S) groups is 1. The Morgan fingerprint density at radius 3 is 2.54 bits per heavy atom. The lowest BCUT2D eigenvalue weighted by Crippen LogP contribution is -2.30. The Balaban J connectivity index is 1.67. The number of anilines is 1. The third-order valence-corrected chi connectivity index (χ3v) is 6.21. The third-order valence-electron chi connectivity index (χ3n) is 2.96. The summed E-state index contributed by atoms with van der Waals surface area (Å²) in [6.45, 7) is 0.766. The van der Waals surface area contributed by atoms with Crippen LogP contribution in [0.4, 0.5) is 5.69 Å².